The number of sulfonamides is 1. The van der Waals surface area contributed by atoms with Gasteiger partial charge in [-0.15, -0.1) is 11.3 Å². The highest BCUT2D eigenvalue weighted by Crippen LogP contribution is 2.31. The van der Waals surface area contributed by atoms with Crippen LogP contribution in [0, 0.1) is 0 Å². The lowest BCUT2D eigenvalue weighted by atomic mass is 10.4. The fourth-order valence-electron chi connectivity index (χ4n) is 1.27. The summed E-state index contributed by atoms with van der Waals surface area (Å²) in [5, 5.41) is 15.1. The molecule has 0 unspecified atom stereocenters. The smallest absolute Gasteiger partial charge is 0.345 e. The molecule has 0 saturated carbocycles. The van der Waals surface area contributed by atoms with Gasteiger partial charge in [-0.05, 0) is 22.0 Å². The lowest BCUT2D eigenvalue weighted by molar-refractivity contribution is 0.0702. The first kappa shape index (κ1) is 14.2. The van der Waals surface area contributed by atoms with E-state index in [1.807, 2.05) is 0 Å². The largest absolute Gasteiger partial charge is 0.477 e. The van der Waals surface area contributed by atoms with Crippen LogP contribution in [0.3, 0.4) is 0 Å². The number of nitrogens with zero attached hydrogens (tertiary/aromatic N) is 1. The SMILES string of the molecule is O=C(O)c1cc(S(=O)(=O)NCc2cn[nH]c2)c(Br)s1. The molecule has 10 heteroatoms. The number of aromatic nitrogens is 2. The van der Waals surface area contributed by atoms with Crippen LogP contribution in [0.15, 0.2) is 27.1 Å². The monoisotopic (exact) mass is 365 g/mol. The molecule has 0 aliphatic heterocycles. The third kappa shape index (κ3) is 3.21. The molecule has 0 amide bonds. The summed E-state index contributed by atoms with van der Waals surface area (Å²) in [6.45, 7) is 0.0729. The molecule has 0 bridgehead atoms. The number of aromatic carboxylic acids is 1. The Morgan fingerprint density at radius 3 is 2.84 bits per heavy atom. The number of hydrogen-bond donors (Lipinski definition) is 3. The average molecular weight is 366 g/mol. The Labute approximate surface area is 120 Å². The van der Waals surface area contributed by atoms with Crippen LogP contribution in [0.2, 0.25) is 0 Å². The minimum Gasteiger partial charge on any atom is -0.477 e. The fraction of sp³-hybridized carbons (Fsp3) is 0.111. The summed E-state index contributed by atoms with van der Waals surface area (Å²) in [6, 6.07) is 1.12. The summed E-state index contributed by atoms with van der Waals surface area (Å²) in [4.78, 5) is 10.7. The van der Waals surface area contributed by atoms with Gasteiger partial charge >= 0.3 is 5.97 Å². The number of carboxylic acid groups (broad SMARTS) is 1. The van der Waals surface area contributed by atoms with E-state index in [1.54, 1.807) is 6.20 Å². The van der Waals surface area contributed by atoms with Crippen molar-refractivity contribution in [2.45, 2.75) is 11.4 Å². The number of H-pyrrole nitrogens is 1. The van der Waals surface area contributed by atoms with E-state index in [4.69, 9.17) is 5.11 Å². The van der Waals surface area contributed by atoms with Crippen LogP contribution < -0.4 is 4.72 Å². The molecular formula is C9H8BrN3O4S2. The zero-order valence-electron chi connectivity index (χ0n) is 9.25. The van der Waals surface area contributed by atoms with E-state index >= 15 is 0 Å². The molecule has 19 heavy (non-hydrogen) atoms. The summed E-state index contributed by atoms with van der Waals surface area (Å²) in [7, 11) is -3.77. The van der Waals surface area contributed by atoms with E-state index in [0.717, 1.165) is 17.4 Å². The summed E-state index contributed by atoms with van der Waals surface area (Å²) >= 11 is 3.91. The molecule has 102 valence electrons. The molecule has 0 aliphatic rings. The van der Waals surface area contributed by atoms with Crippen molar-refractivity contribution in [3.63, 3.8) is 0 Å². The highest BCUT2D eigenvalue weighted by Gasteiger charge is 2.22. The number of carboxylic acids is 1. The van der Waals surface area contributed by atoms with E-state index < -0.39 is 16.0 Å². The van der Waals surface area contributed by atoms with Crippen molar-refractivity contribution >= 4 is 43.3 Å². The van der Waals surface area contributed by atoms with Gasteiger partial charge in [0.25, 0.3) is 0 Å². The van der Waals surface area contributed by atoms with Crippen LogP contribution in [0.5, 0.6) is 0 Å². The Morgan fingerprint density at radius 2 is 2.32 bits per heavy atom. The molecule has 3 N–H and O–H groups in total. The van der Waals surface area contributed by atoms with Crippen LogP contribution in [-0.4, -0.2) is 29.7 Å². The number of carbonyl (C=O) groups is 1. The Balaban J connectivity index is 2.22. The normalized spacial score (nSPS) is 11.6. The van der Waals surface area contributed by atoms with Gasteiger partial charge < -0.3 is 5.11 Å². The molecule has 0 saturated heterocycles. The van der Waals surface area contributed by atoms with Gasteiger partial charge in [-0.25, -0.2) is 17.9 Å². The highest BCUT2D eigenvalue weighted by atomic mass is 79.9. The van der Waals surface area contributed by atoms with Gasteiger partial charge in [0.05, 0.1) is 9.98 Å². The second-order valence-electron chi connectivity index (χ2n) is 3.48. The topological polar surface area (TPSA) is 112 Å². The van der Waals surface area contributed by atoms with Crippen molar-refractivity contribution < 1.29 is 18.3 Å². The molecule has 2 rings (SSSR count). The first-order chi connectivity index (χ1) is 8.90. The van der Waals surface area contributed by atoms with E-state index in [9.17, 15) is 13.2 Å². The van der Waals surface area contributed by atoms with E-state index in [0.29, 0.717) is 5.56 Å². The number of rotatable bonds is 5. The molecule has 2 aromatic rings. The van der Waals surface area contributed by atoms with Crippen molar-refractivity contribution in [1.29, 1.82) is 0 Å². The van der Waals surface area contributed by atoms with Gasteiger partial charge in [0.2, 0.25) is 10.0 Å². The van der Waals surface area contributed by atoms with E-state index in [1.165, 1.54) is 6.20 Å². The van der Waals surface area contributed by atoms with Crippen molar-refractivity contribution in [3.8, 4) is 0 Å². The highest BCUT2D eigenvalue weighted by molar-refractivity contribution is 9.11. The molecule has 0 atom stereocenters. The van der Waals surface area contributed by atoms with Crippen LogP contribution in [-0.2, 0) is 16.6 Å². The third-order valence-electron chi connectivity index (χ3n) is 2.18. The second kappa shape index (κ2) is 5.41. The quantitative estimate of drug-likeness (QED) is 0.741. The van der Waals surface area contributed by atoms with Gasteiger partial charge in [-0.3, -0.25) is 5.10 Å². The summed E-state index contributed by atoms with van der Waals surface area (Å²) in [5.74, 6) is -1.16. The molecule has 0 aromatic carbocycles. The number of aromatic amines is 1. The van der Waals surface area contributed by atoms with Crippen molar-refractivity contribution in [3.05, 3.63) is 32.7 Å². The van der Waals surface area contributed by atoms with Gasteiger partial charge in [0.15, 0.2) is 0 Å². The lowest BCUT2D eigenvalue weighted by Gasteiger charge is -2.03. The number of nitrogens with one attached hydrogen (secondary N) is 2. The van der Waals surface area contributed by atoms with Crippen LogP contribution in [0.1, 0.15) is 15.2 Å². The lowest BCUT2D eigenvalue weighted by Crippen LogP contribution is -2.22. The minimum absolute atomic E-state index is 0.0458. The van der Waals surface area contributed by atoms with Gasteiger partial charge in [-0.1, -0.05) is 0 Å². The van der Waals surface area contributed by atoms with Crippen molar-refractivity contribution in [2.24, 2.45) is 0 Å². The van der Waals surface area contributed by atoms with Crippen LogP contribution in [0.4, 0.5) is 0 Å². The van der Waals surface area contributed by atoms with Crippen molar-refractivity contribution in [1.82, 2.24) is 14.9 Å². The predicted octanol–water partition coefficient (Wildman–Crippen LogP) is 1.41. The zero-order chi connectivity index (χ0) is 14.0. The molecule has 0 aliphatic carbocycles. The number of halogens is 1. The minimum atomic E-state index is -3.77. The van der Waals surface area contributed by atoms with Crippen LogP contribution in [0.25, 0.3) is 0 Å². The average Bonchev–Trinajstić information content (AvgIpc) is 2.95. The maximum absolute atomic E-state index is 12.0. The molecule has 2 aromatic heterocycles. The number of hydrogen-bond acceptors (Lipinski definition) is 5. The predicted molar refractivity (Wildman–Crippen MR) is 71.6 cm³/mol. The maximum Gasteiger partial charge on any atom is 0.345 e. The van der Waals surface area contributed by atoms with Gasteiger partial charge in [0.1, 0.15) is 9.77 Å². The molecule has 2 heterocycles. The second-order valence-corrected chi connectivity index (χ2v) is 7.59. The number of thiophene rings is 1. The van der Waals surface area contributed by atoms with Crippen LogP contribution >= 0.6 is 27.3 Å². The zero-order valence-corrected chi connectivity index (χ0v) is 12.5. The third-order valence-corrected chi connectivity index (χ3v) is 5.82. The first-order valence-corrected chi connectivity index (χ1v) is 7.99. The van der Waals surface area contributed by atoms with Crippen molar-refractivity contribution in [2.75, 3.05) is 0 Å². The van der Waals surface area contributed by atoms with E-state index in [2.05, 4.69) is 30.8 Å². The Hall–Kier alpha value is -1.23. The Kier molecular flexibility index (Phi) is 4.04. The molecule has 0 radical (unpaired) electrons. The summed E-state index contributed by atoms with van der Waals surface area (Å²) in [6.07, 6.45) is 3.06. The molecule has 0 spiro atoms. The van der Waals surface area contributed by atoms with Gasteiger partial charge in [0, 0.05) is 18.3 Å². The molecule has 0 fully saturated rings. The molecular weight excluding hydrogens is 358 g/mol. The van der Waals surface area contributed by atoms with E-state index in [-0.39, 0.29) is 20.1 Å². The fourth-order valence-corrected chi connectivity index (χ4v) is 4.69. The summed E-state index contributed by atoms with van der Waals surface area (Å²) < 4.78 is 26.7. The maximum atomic E-state index is 12.0. The summed E-state index contributed by atoms with van der Waals surface area (Å²) in [5.41, 5.74) is 0.674. The first-order valence-electron chi connectivity index (χ1n) is 4.90. The molecule has 7 nitrogen and oxygen atoms in total. The standard InChI is InChI=1S/C9H8BrN3O4S2/c10-8-7(1-6(18-8)9(14)15)19(16,17)13-4-5-2-11-12-3-5/h1-3,13H,4H2,(H,11,12)(H,14,15). The van der Waals surface area contributed by atoms with Gasteiger partial charge in [-0.2, -0.15) is 5.10 Å². The Bertz CT molecular complexity index is 693. The Morgan fingerprint density at radius 1 is 1.58 bits per heavy atom.